The maximum Gasteiger partial charge on any atom is 0.242 e. The SMILES string of the molecule is CNC(=O)[C@H](C)N(Cc1ccccc1C)C(=O)CSc1ccc(C)cc1. The van der Waals surface area contributed by atoms with Crippen LogP contribution in [0.3, 0.4) is 0 Å². The van der Waals surface area contributed by atoms with Crippen molar-refractivity contribution in [2.24, 2.45) is 0 Å². The van der Waals surface area contributed by atoms with Gasteiger partial charge in [0, 0.05) is 18.5 Å². The number of hydrogen-bond acceptors (Lipinski definition) is 3. The van der Waals surface area contributed by atoms with E-state index in [1.807, 2.05) is 62.4 Å². The molecule has 1 atom stereocenters. The number of aryl methyl sites for hydroxylation is 2. The Bertz CT molecular complexity index is 759. The predicted molar refractivity (Wildman–Crippen MR) is 107 cm³/mol. The van der Waals surface area contributed by atoms with Crippen molar-refractivity contribution in [2.45, 2.75) is 38.3 Å². The van der Waals surface area contributed by atoms with E-state index >= 15 is 0 Å². The highest BCUT2D eigenvalue weighted by molar-refractivity contribution is 8.00. The van der Waals surface area contributed by atoms with E-state index in [1.54, 1.807) is 18.9 Å². The summed E-state index contributed by atoms with van der Waals surface area (Å²) in [4.78, 5) is 27.7. The smallest absolute Gasteiger partial charge is 0.242 e. The van der Waals surface area contributed by atoms with Crippen LogP contribution in [-0.4, -0.2) is 35.6 Å². The van der Waals surface area contributed by atoms with Gasteiger partial charge in [-0.3, -0.25) is 9.59 Å². The van der Waals surface area contributed by atoms with Crippen LogP contribution in [-0.2, 0) is 16.1 Å². The zero-order valence-corrected chi connectivity index (χ0v) is 16.6. The molecule has 0 bridgehead atoms. The van der Waals surface area contributed by atoms with E-state index < -0.39 is 6.04 Å². The van der Waals surface area contributed by atoms with Gasteiger partial charge in [0.1, 0.15) is 6.04 Å². The van der Waals surface area contributed by atoms with Gasteiger partial charge in [-0.1, -0.05) is 42.0 Å². The largest absolute Gasteiger partial charge is 0.357 e. The van der Waals surface area contributed by atoms with Crippen molar-refractivity contribution in [1.82, 2.24) is 10.2 Å². The van der Waals surface area contributed by atoms with Gasteiger partial charge in [0.25, 0.3) is 0 Å². The first kappa shape index (κ1) is 20.0. The van der Waals surface area contributed by atoms with Crippen LogP contribution in [0.1, 0.15) is 23.6 Å². The molecule has 138 valence electrons. The number of benzene rings is 2. The van der Waals surface area contributed by atoms with Crippen LogP contribution in [0.2, 0.25) is 0 Å². The minimum atomic E-state index is -0.522. The molecule has 0 aliphatic rings. The van der Waals surface area contributed by atoms with Crippen LogP contribution in [0.15, 0.2) is 53.4 Å². The maximum absolute atomic E-state index is 12.9. The van der Waals surface area contributed by atoms with E-state index in [-0.39, 0.29) is 11.8 Å². The van der Waals surface area contributed by atoms with Gasteiger partial charge < -0.3 is 10.2 Å². The fourth-order valence-corrected chi connectivity index (χ4v) is 3.41. The number of nitrogens with zero attached hydrogens (tertiary/aromatic N) is 1. The van der Waals surface area contributed by atoms with Crippen LogP contribution < -0.4 is 5.32 Å². The molecule has 5 heteroatoms. The third-order valence-corrected chi connectivity index (χ3v) is 5.40. The van der Waals surface area contributed by atoms with Gasteiger partial charge in [0.05, 0.1) is 5.75 Å². The Morgan fingerprint density at radius 2 is 1.73 bits per heavy atom. The summed E-state index contributed by atoms with van der Waals surface area (Å²) in [5.74, 6) is 0.0956. The molecule has 0 aromatic heterocycles. The van der Waals surface area contributed by atoms with Gasteiger partial charge in [-0.15, -0.1) is 11.8 Å². The zero-order chi connectivity index (χ0) is 19.1. The van der Waals surface area contributed by atoms with Crippen molar-refractivity contribution in [2.75, 3.05) is 12.8 Å². The van der Waals surface area contributed by atoms with Crippen molar-refractivity contribution in [3.8, 4) is 0 Å². The average Bonchev–Trinajstić information content (AvgIpc) is 2.65. The number of carbonyl (C=O) groups excluding carboxylic acids is 2. The summed E-state index contributed by atoms with van der Waals surface area (Å²) in [7, 11) is 1.59. The zero-order valence-electron chi connectivity index (χ0n) is 15.8. The molecule has 4 nitrogen and oxygen atoms in total. The Morgan fingerprint density at radius 3 is 2.35 bits per heavy atom. The van der Waals surface area contributed by atoms with Crippen molar-refractivity contribution in [3.63, 3.8) is 0 Å². The van der Waals surface area contributed by atoms with Crippen LogP contribution in [0.5, 0.6) is 0 Å². The standard InChI is InChI=1S/C21H26N2O2S/c1-15-9-11-19(12-10-15)26-14-20(24)23(17(3)21(25)22-4)13-18-8-6-5-7-16(18)2/h5-12,17H,13-14H2,1-4H3,(H,22,25)/t17-/m0/s1. The van der Waals surface area contributed by atoms with E-state index in [0.717, 1.165) is 16.0 Å². The molecule has 0 heterocycles. The molecule has 0 unspecified atom stereocenters. The van der Waals surface area contributed by atoms with Crippen molar-refractivity contribution in [3.05, 3.63) is 65.2 Å². The molecule has 2 rings (SSSR count). The minimum absolute atomic E-state index is 0.0464. The van der Waals surface area contributed by atoms with E-state index in [0.29, 0.717) is 12.3 Å². The fraction of sp³-hybridized carbons (Fsp3) is 0.333. The Kier molecular flexibility index (Phi) is 7.27. The molecule has 0 fully saturated rings. The number of hydrogen-bond donors (Lipinski definition) is 1. The van der Waals surface area contributed by atoms with Crippen molar-refractivity contribution < 1.29 is 9.59 Å². The summed E-state index contributed by atoms with van der Waals surface area (Å²) < 4.78 is 0. The molecule has 0 radical (unpaired) electrons. The van der Waals surface area contributed by atoms with Gasteiger partial charge in [0.15, 0.2) is 0 Å². The van der Waals surface area contributed by atoms with E-state index in [1.165, 1.54) is 17.3 Å². The summed E-state index contributed by atoms with van der Waals surface area (Å²) in [6, 6.07) is 15.5. The Balaban J connectivity index is 2.13. The maximum atomic E-state index is 12.9. The van der Waals surface area contributed by atoms with Crippen molar-refractivity contribution in [1.29, 1.82) is 0 Å². The molecule has 2 aromatic rings. The quantitative estimate of drug-likeness (QED) is 0.758. The van der Waals surface area contributed by atoms with Crippen LogP contribution >= 0.6 is 11.8 Å². The Morgan fingerprint density at radius 1 is 1.08 bits per heavy atom. The highest BCUT2D eigenvalue weighted by atomic mass is 32.2. The molecular formula is C21H26N2O2S. The summed E-state index contributed by atoms with van der Waals surface area (Å²) in [5.41, 5.74) is 3.35. The topological polar surface area (TPSA) is 49.4 Å². The molecule has 0 aliphatic carbocycles. The first-order chi connectivity index (χ1) is 12.4. The molecular weight excluding hydrogens is 344 g/mol. The second kappa shape index (κ2) is 9.43. The van der Waals surface area contributed by atoms with Gasteiger partial charge >= 0.3 is 0 Å². The number of thioether (sulfide) groups is 1. The lowest BCUT2D eigenvalue weighted by Gasteiger charge is -2.29. The van der Waals surface area contributed by atoms with E-state index in [9.17, 15) is 9.59 Å². The number of rotatable bonds is 7. The fourth-order valence-electron chi connectivity index (χ4n) is 2.63. The molecule has 2 aromatic carbocycles. The first-order valence-corrected chi connectivity index (χ1v) is 9.66. The molecule has 0 aliphatic heterocycles. The van der Waals surface area contributed by atoms with E-state index in [4.69, 9.17) is 0 Å². The van der Waals surface area contributed by atoms with Crippen molar-refractivity contribution >= 4 is 23.6 Å². The lowest BCUT2D eigenvalue weighted by molar-refractivity contribution is -0.138. The highest BCUT2D eigenvalue weighted by Crippen LogP contribution is 2.21. The molecule has 0 saturated heterocycles. The van der Waals surface area contributed by atoms with Gasteiger partial charge in [-0.25, -0.2) is 0 Å². The monoisotopic (exact) mass is 370 g/mol. The highest BCUT2D eigenvalue weighted by Gasteiger charge is 2.25. The summed E-state index contributed by atoms with van der Waals surface area (Å²) >= 11 is 1.49. The summed E-state index contributed by atoms with van der Waals surface area (Å²) in [5, 5.41) is 2.64. The molecule has 2 amide bonds. The van der Waals surface area contributed by atoms with Crippen LogP contribution in [0, 0.1) is 13.8 Å². The Hall–Kier alpha value is -2.27. The third-order valence-electron chi connectivity index (χ3n) is 4.40. The average molecular weight is 371 g/mol. The molecule has 0 saturated carbocycles. The number of nitrogens with one attached hydrogen (secondary N) is 1. The predicted octanol–water partition coefficient (Wildman–Crippen LogP) is 3.56. The third kappa shape index (κ3) is 5.36. The van der Waals surface area contributed by atoms with Gasteiger partial charge in [0.2, 0.25) is 11.8 Å². The normalized spacial score (nSPS) is 11.7. The van der Waals surface area contributed by atoms with E-state index in [2.05, 4.69) is 5.32 Å². The summed E-state index contributed by atoms with van der Waals surface area (Å²) in [6.45, 7) is 6.25. The molecule has 1 N–H and O–H groups in total. The number of carbonyl (C=O) groups is 2. The first-order valence-electron chi connectivity index (χ1n) is 8.67. The van der Waals surface area contributed by atoms with Gasteiger partial charge in [-0.2, -0.15) is 0 Å². The minimum Gasteiger partial charge on any atom is -0.357 e. The molecule has 0 spiro atoms. The molecule has 26 heavy (non-hydrogen) atoms. The van der Waals surface area contributed by atoms with Gasteiger partial charge in [-0.05, 0) is 44.0 Å². The Labute approximate surface area is 160 Å². The lowest BCUT2D eigenvalue weighted by atomic mass is 10.1. The second-order valence-corrected chi connectivity index (χ2v) is 7.39. The summed E-state index contributed by atoms with van der Waals surface area (Å²) in [6.07, 6.45) is 0. The number of amides is 2. The van der Waals surface area contributed by atoms with Crippen LogP contribution in [0.25, 0.3) is 0 Å². The lowest BCUT2D eigenvalue weighted by Crippen LogP contribution is -2.47. The van der Waals surface area contributed by atoms with Crippen LogP contribution in [0.4, 0.5) is 0 Å². The second-order valence-electron chi connectivity index (χ2n) is 6.34. The number of likely N-dealkylation sites (N-methyl/N-ethyl adjacent to an activating group) is 1.